The van der Waals surface area contributed by atoms with E-state index in [1.165, 1.54) is 6.42 Å². The maximum Gasteiger partial charge on any atom is 0.336 e. The maximum absolute atomic E-state index is 13.0. The molecule has 0 N–H and O–H groups in total. The van der Waals surface area contributed by atoms with Gasteiger partial charge in [0.2, 0.25) is 0 Å². The first-order chi connectivity index (χ1) is 12.4. The average molecular weight is 411 g/mol. The van der Waals surface area contributed by atoms with Crippen molar-refractivity contribution in [1.29, 1.82) is 0 Å². The van der Waals surface area contributed by atoms with Gasteiger partial charge >= 0.3 is 11.2 Å². The number of ether oxygens (including phenoxy) is 2. The minimum Gasteiger partial charge on any atom is -0.743 e. The summed E-state index contributed by atoms with van der Waals surface area (Å²) in [4.78, 5) is 12.4. The van der Waals surface area contributed by atoms with Gasteiger partial charge in [-0.2, -0.15) is 8.78 Å². The number of hydrogen-bond acceptors (Lipinski definition) is 6. The van der Waals surface area contributed by atoms with Crippen LogP contribution in [0.4, 0.5) is 8.78 Å². The van der Waals surface area contributed by atoms with Crippen LogP contribution >= 0.6 is 0 Å². The molecule has 0 unspecified atom stereocenters. The quantitative estimate of drug-likeness (QED) is 0.248. The van der Waals surface area contributed by atoms with Gasteiger partial charge in [-0.3, -0.25) is 0 Å². The van der Waals surface area contributed by atoms with Crippen molar-refractivity contribution in [3.63, 3.8) is 0 Å². The molecule has 158 valence electrons. The van der Waals surface area contributed by atoms with Crippen molar-refractivity contribution in [2.45, 2.75) is 76.1 Å². The Morgan fingerprint density at radius 2 is 1.70 bits per heavy atom. The number of halogens is 2. The molecule has 0 spiro atoms. The van der Waals surface area contributed by atoms with Gasteiger partial charge in [0, 0.05) is 6.42 Å². The Kier molecular flexibility index (Phi) is 8.82. The number of alkyl halides is 2. The van der Waals surface area contributed by atoms with Gasteiger partial charge in [-0.05, 0) is 31.6 Å². The Labute approximate surface area is 160 Å². The van der Waals surface area contributed by atoms with Crippen LogP contribution in [-0.4, -0.2) is 43.0 Å². The fourth-order valence-corrected chi connectivity index (χ4v) is 3.46. The summed E-state index contributed by atoms with van der Waals surface area (Å²) in [5.74, 6) is -0.526. The van der Waals surface area contributed by atoms with Crippen LogP contribution in [0.25, 0.3) is 0 Å². The summed E-state index contributed by atoms with van der Waals surface area (Å²) < 4.78 is 68.0. The lowest BCUT2D eigenvalue weighted by atomic mass is 9.79. The normalized spacial score (nSPS) is 18.6. The van der Waals surface area contributed by atoms with E-state index in [-0.39, 0.29) is 18.1 Å². The lowest BCUT2D eigenvalue weighted by Crippen LogP contribution is -2.41. The molecule has 0 radical (unpaired) electrons. The minimum absolute atomic E-state index is 0.0367. The van der Waals surface area contributed by atoms with E-state index in [1.807, 2.05) is 13.8 Å². The Balaban J connectivity index is 2.55. The molecule has 0 aromatic heterocycles. The van der Waals surface area contributed by atoms with Crippen molar-refractivity contribution in [2.75, 3.05) is 13.2 Å². The molecule has 0 saturated heterocycles. The van der Waals surface area contributed by atoms with Crippen molar-refractivity contribution < 1.29 is 36.0 Å². The third kappa shape index (κ3) is 7.12. The van der Waals surface area contributed by atoms with Crippen molar-refractivity contribution in [3.05, 3.63) is 12.2 Å². The van der Waals surface area contributed by atoms with Gasteiger partial charge in [-0.1, -0.05) is 39.7 Å². The third-order valence-electron chi connectivity index (χ3n) is 5.02. The molecule has 0 aromatic carbocycles. The molecule has 1 aliphatic carbocycles. The number of carbonyl (C=O) groups excluding carboxylic acids is 1. The molecule has 0 aromatic rings. The summed E-state index contributed by atoms with van der Waals surface area (Å²) in [7, 11) is -5.74. The first kappa shape index (κ1) is 24.0. The zero-order valence-electron chi connectivity index (χ0n) is 16.0. The molecule has 0 aliphatic heterocycles. The maximum atomic E-state index is 13.0. The van der Waals surface area contributed by atoms with E-state index in [1.54, 1.807) is 0 Å². The van der Waals surface area contributed by atoms with Gasteiger partial charge in [-0.15, -0.1) is 0 Å². The molecular weight excluding hydrogens is 382 g/mol. The summed E-state index contributed by atoms with van der Waals surface area (Å²) in [5.41, 5.74) is -0.616. The summed E-state index contributed by atoms with van der Waals surface area (Å²) in [6.45, 7) is 6.50. The van der Waals surface area contributed by atoms with Crippen molar-refractivity contribution in [3.8, 4) is 0 Å². The molecular formula is C18H29F2O6S-. The molecule has 0 amide bonds. The number of rotatable bonds is 9. The van der Waals surface area contributed by atoms with Gasteiger partial charge < -0.3 is 14.0 Å². The van der Waals surface area contributed by atoms with Gasteiger partial charge in [0.05, 0.1) is 18.8 Å². The predicted molar refractivity (Wildman–Crippen MR) is 95.2 cm³/mol. The smallest absolute Gasteiger partial charge is 0.336 e. The number of esters is 1. The Bertz CT molecular complexity index is 607. The minimum atomic E-state index is -5.74. The summed E-state index contributed by atoms with van der Waals surface area (Å²) in [5, 5.41) is -4.41. The predicted octanol–water partition coefficient (Wildman–Crippen LogP) is 3.77. The summed E-state index contributed by atoms with van der Waals surface area (Å²) in [6, 6.07) is 0. The van der Waals surface area contributed by atoms with Crippen molar-refractivity contribution >= 4 is 16.1 Å². The molecule has 27 heavy (non-hydrogen) atoms. The largest absolute Gasteiger partial charge is 0.743 e. The molecule has 1 rings (SSSR count). The van der Waals surface area contributed by atoms with Crippen LogP contribution < -0.4 is 0 Å². The molecule has 0 bridgehead atoms. The van der Waals surface area contributed by atoms with Gasteiger partial charge in [0.15, 0.2) is 10.1 Å². The standard InChI is InChI=1S/C18H30F2O6S/c1-14(2)17(9-7-5-4-6-8-10-17)26-16(21)15(3)13-25-12-11-18(19,20)27(22,23)24/h14H,3-13H2,1-2H3,(H,22,23,24)/p-1. The second-order valence-electron chi connectivity index (χ2n) is 7.37. The van der Waals surface area contributed by atoms with Gasteiger partial charge in [0.1, 0.15) is 5.60 Å². The van der Waals surface area contributed by atoms with Crippen LogP contribution in [0.5, 0.6) is 0 Å². The Morgan fingerprint density at radius 3 is 2.19 bits per heavy atom. The van der Waals surface area contributed by atoms with Crippen LogP contribution in [0.3, 0.4) is 0 Å². The molecule has 0 atom stereocenters. The van der Waals surface area contributed by atoms with Crippen molar-refractivity contribution in [1.82, 2.24) is 0 Å². The van der Waals surface area contributed by atoms with Gasteiger partial charge in [-0.25, -0.2) is 13.2 Å². The van der Waals surface area contributed by atoms with E-state index in [2.05, 4.69) is 6.58 Å². The topological polar surface area (TPSA) is 92.7 Å². The summed E-state index contributed by atoms with van der Waals surface area (Å²) >= 11 is 0. The molecule has 1 saturated carbocycles. The molecule has 1 aliphatic rings. The van der Waals surface area contributed by atoms with E-state index in [0.717, 1.165) is 38.5 Å². The number of hydrogen-bond donors (Lipinski definition) is 0. The molecule has 9 heteroatoms. The zero-order chi connectivity index (χ0) is 20.7. The SMILES string of the molecule is C=C(COCCC(F)(F)S(=O)(=O)[O-])C(=O)OC1(C(C)C)CCCCCCC1. The monoisotopic (exact) mass is 411 g/mol. The highest BCUT2D eigenvalue weighted by molar-refractivity contribution is 7.86. The van der Waals surface area contributed by atoms with Crippen molar-refractivity contribution in [2.24, 2.45) is 5.92 Å². The third-order valence-corrected chi connectivity index (χ3v) is 5.95. The van der Waals surface area contributed by atoms with Crippen LogP contribution in [0.2, 0.25) is 0 Å². The summed E-state index contributed by atoms with van der Waals surface area (Å²) in [6.07, 6.45) is 5.53. The molecule has 6 nitrogen and oxygen atoms in total. The fourth-order valence-electron chi connectivity index (χ4n) is 3.13. The van der Waals surface area contributed by atoms with Crippen LogP contribution in [-0.2, 0) is 24.4 Å². The first-order valence-electron chi connectivity index (χ1n) is 9.23. The average Bonchev–Trinajstić information content (AvgIpc) is 2.52. The van der Waals surface area contributed by atoms with E-state index in [4.69, 9.17) is 9.47 Å². The van der Waals surface area contributed by atoms with E-state index >= 15 is 0 Å². The van der Waals surface area contributed by atoms with E-state index < -0.39 is 40.0 Å². The first-order valence-corrected chi connectivity index (χ1v) is 10.6. The highest BCUT2D eigenvalue weighted by Crippen LogP contribution is 2.36. The second-order valence-corrected chi connectivity index (χ2v) is 8.88. The molecule has 0 heterocycles. The van der Waals surface area contributed by atoms with Crippen LogP contribution in [0.15, 0.2) is 12.2 Å². The molecule has 1 fully saturated rings. The lowest BCUT2D eigenvalue weighted by Gasteiger charge is -2.38. The highest BCUT2D eigenvalue weighted by Gasteiger charge is 2.38. The lowest BCUT2D eigenvalue weighted by molar-refractivity contribution is -0.164. The second kappa shape index (κ2) is 9.93. The highest BCUT2D eigenvalue weighted by atomic mass is 32.2. The van der Waals surface area contributed by atoms with E-state index in [0.29, 0.717) is 0 Å². The van der Waals surface area contributed by atoms with E-state index in [9.17, 15) is 26.5 Å². The fraction of sp³-hybridized carbons (Fsp3) is 0.833. The van der Waals surface area contributed by atoms with Crippen LogP contribution in [0.1, 0.15) is 65.2 Å². The Hall–Kier alpha value is -1.06. The van der Waals surface area contributed by atoms with Crippen LogP contribution in [0, 0.1) is 5.92 Å². The zero-order valence-corrected chi connectivity index (χ0v) is 16.8. The number of carbonyl (C=O) groups is 1. The Morgan fingerprint density at radius 1 is 1.19 bits per heavy atom. The van der Waals surface area contributed by atoms with Gasteiger partial charge in [0.25, 0.3) is 0 Å².